The quantitative estimate of drug-likeness (QED) is 0.803. The second-order valence-corrected chi connectivity index (χ2v) is 5.26. The molecule has 18 heavy (non-hydrogen) atoms. The summed E-state index contributed by atoms with van der Waals surface area (Å²) in [5, 5.41) is 3.49. The molecular weight excluding hydrogens is 229 g/mol. The molecule has 2 nitrogen and oxygen atoms in total. The maximum absolute atomic E-state index is 14.0. The number of hydrogen-bond acceptors (Lipinski definition) is 2. The zero-order valence-corrected chi connectivity index (χ0v) is 11.2. The van der Waals surface area contributed by atoms with Gasteiger partial charge in [-0.2, -0.15) is 0 Å². The minimum atomic E-state index is -0.206. The van der Waals surface area contributed by atoms with Gasteiger partial charge >= 0.3 is 0 Å². The van der Waals surface area contributed by atoms with Crippen LogP contribution < -0.4 is 10.1 Å². The van der Waals surface area contributed by atoms with Crippen LogP contribution in [0.1, 0.15) is 31.7 Å². The van der Waals surface area contributed by atoms with E-state index in [4.69, 9.17) is 4.74 Å². The molecule has 3 heteroatoms. The van der Waals surface area contributed by atoms with Crippen molar-refractivity contribution >= 4 is 0 Å². The summed E-state index contributed by atoms with van der Waals surface area (Å²) in [4.78, 5) is 0. The van der Waals surface area contributed by atoms with Gasteiger partial charge in [0, 0.05) is 6.04 Å². The molecule has 1 aromatic rings. The molecule has 2 rings (SSSR count). The van der Waals surface area contributed by atoms with Crippen LogP contribution in [0.5, 0.6) is 5.75 Å². The van der Waals surface area contributed by atoms with Gasteiger partial charge < -0.3 is 10.1 Å². The maximum atomic E-state index is 14.0. The Morgan fingerprint density at radius 2 is 2.22 bits per heavy atom. The third-order valence-electron chi connectivity index (χ3n) is 3.48. The summed E-state index contributed by atoms with van der Waals surface area (Å²) >= 11 is 0. The van der Waals surface area contributed by atoms with E-state index in [-0.39, 0.29) is 5.82 Å². The summed E-state index contributed by atoms with van der Waals surface area (Å²) in [5.41, 5.74) is 0.758. The first-order valence-corrected chi connectivity index (χ1v) is 6.75. The Morgan fingerprint density at radius 3 is 2.89 bits per heavy atom. The fraction of sp³-hybridized carbons (Fsp3) is 0.600. The predicted octanol–water partition coefficient (Wildman–Crippen LogP) is 3.16. The van der Waals surface area contributed by atoms with Crippen LogP contribution in [-0.4, -0.2) is 19.7 Å². The van der Waals surface area contributed by atoms with Crippen molar-refractivity contribution in [2.45, 2.75) is 38.6 Å². The molecule has 1 N–H and O–H groups in total. The lowest BCUT2D eigenvalue weighted by Crippen LogP contribution is -2.20. The molecule has 1 saturated carbocycles. The molecule has 1 unspecified atom stereocenters. The van der Waals surface area contributed by atoms with Gasteiger partial charge in [-0.15, -0.1) is 0 Å². The van der Waals surface area contributed by atoms with E-state index >= 15 is 0 Å². The first kappa shape index (κ1) is 13.3. The summed E-state index contributed by atoms with van der Waals surface area (Å²) in [6.07, 6.45) is 4.50. The van der Waals surface area contributed by atoms with Gasteiger partial charge in [0.15, 0.2) is 11.6 Å². The molecule has 0 amide bonds. The first-order valence-electron chi connectivity index (χ1n) is 6.75. The van der Waals surface area contributed by atoms with E-state index < -0.39 is 0 Å². The first-order chi connectivity index (χ1) is 8.70. The van der Waals surface area contributed by atoms with E-state index in [1.165, 1.54) is 20.0 Å². The average Bonchev–Trinajstić information content (AvgIpc) is 3.16. The SMILES string of the molecule is COc1cccc(CC(C)CCNC2CC2)c1F. The van der Waals surface area contributed by atoms with Crippen LogP contribution in [0, 0.1) is 11.7 Å². The molecular formula is C15H22FNO. The minimum Gasteiger partial charge on any atom is -0.494 e. The van der Waals surface area contributed by atoms with Crippen LogP contribution in [0.2, 0.25) is 0 Å². The third kappa shape index (κ3) is 3.70. The number of halogens is 1. The minimum absolute atomic E-state index is 0.206. The number of methoxy groups -OCH3 is 1. The van der Waals surface area contributed by atoms with E-state index in [0.717, 1.165) is 31.0 Å². The maximum Gasteiger partial charge on any atom is 0.168 e. The molecule has 0 aliphatic heterocycles. The van der Waals surface area contributed by atoms with Gasteiger partial charge in [0.2, 0.25) is 0 Å². The van der Waals surface area contributed by atoms with E-state index in [2.05, 4.69) is 12.2 Å². The Labute approximate surface area is 109 Å². The second-order valence-electron chi connectivity index (χ2n) is 5.26. The standard InChI is InChI=1S/C15H22FNO/c1-11(8-9-17-13-6-7-13)10-12-4-3-5-14(18-2)15(12)16/h3-5,11,13,17H,6-10H2,1-2H3. The van der Waals surface area contributed by atoms with Crippen molar-refractivity contribution in [1.29, 1.82) is 0 Å². The Bertz CT molecular complexity index is 390. The lowest BCUT2D eigenvalue weighted by atomic mass is 9.97. The Morgan fingerprint density at radius 1 is 1.44 bits per heavy atom. The number of nitrogens with one attached hydrogen (secondary N) is 1. The Balaban J connectivity index is 1.83. The molecule has 0 heterocycles. The normalized spacial score (nSPS) is 16.6. The Hall–Kier alpha value is -1.09. The highest BCUT2D eigenvalue weighted by atomic mass is 19.1. The number of hydrogen-bond donors (Lipinski definition) is 1. The second kappa shape index (κ2) is 6.19. The van der Waals surface area contributed by atoms with E-state index in [1.54, 1.807) is 6.07 Å². The summed E-state index contributed by atoms with van der Waals surface area (Å²) in [6, 6.07) is 6.12. The summed E-state index contributed by atoms with van der Waals surface area (Å²) < 4.78 is 19.0. The lowest BCUT2D eigenvalue weighted by molar-refractivity contribution is 0.381. The highest BCUT2D eigenvalue weighted by Gasteiger charge is 2.20. The van der Waals surface area contributed by atoms with Crippen LogP contribution in [0.25, 0.3) is 0 Å². The van der Waals surface area contributed by atoms with E-state index in [1.807, 2.05) is 12.1 Å². The zero-order valence-electron chi connectivity index (χ0n) is 11.2. The summed E-state index contributed by atoms with van der Waals surface area (Å²) in [6.45, 7) is 3.21. The summed E-state index contributed by atoms with van der Waals surface area (Å²) in [5.74, 6) is 0.621. The lowest BCUT2D eigenvalue weighted by Gasteiger charge is -2.13. The average molecular weight is 251 g/mol. The van der Waals surface area contributed by atoms with Crippen LogP contribution in [0.15, 0.2) is 18.2 Å². The highest BCUT2D eigenvalue weighted by Crippen LogP contribution is 2.23. The monoisotopic (exact) mass is 251 g/mol. The summed E-state index contributed by atoms with van der Waals surface area (Å²) in [7, 11) is 1.51. The molecule has 0 aromatic heterocycles. The van der Waals surface area contributed by atoms with Crippen molar-refractivity contribution in [1.82, 2.24) is 5.32 Å². The van der Waals surface area contributed by atoms with E-state index in [0.29, 0.717) is 11.7 Å². The van der Waals surface area contributed by atoms with Gasteiger partial charge in [-0.05, 0) is 49.8 Å². The molecule has 0 bridgehead atoms. The third-order valence-corrected chi connectivity index (χ3v) is 3.48. The van der Waals surface area contributed by atoms with Crippen molar-refractivity contribution < 1.29 is 9.13 Å². The van der Waals surface area contributed by atoms with Crippen molar-refractivity contribution in [3.8, 4) is 5.75 Å². The van der Waals surface area contributed by atoms with Gasteiger partial charge in [0.25, 0.3) is 0 Å². The van der Waals surface area contributed by atoms with Crippen molar-refractivity contribution in [3.05, 3.63) is 29.6 Å². The largest absolute Gasteiger partial charge is 0.494 e. The smallest absolute Gasteiger partial charge is 0.168 e. The molecule has 1 aromatic carbocycles. The van der Waals surface area contributed by atoms with Crippen molar-refractivity contribution in [2.75, 3.05) is 13.7 Å². The fourth-order valence-electron chi connectivity index (χ4n) is 2.17. The fourth-order valence-corrected chi connectivity index (χ4v) is 2.17. The molecule has 0 spiro atoms. The predicted molar refractivity (Wildman–Crippen MR) is 71.5 cm³/mol. The number of ether oxygens (including phenoxy) is 1. The topological polar surface area (TPSA) is 21.3 Å². The molecule has 1 atom stereocenters. The van der Waals surface area contributed by atoms with Gasteiger partial charge in [-0.1, -0.05) is 19.1 Å². The van der Waals surface area contributed by atoms with Gasteiger partial charge in [0.05, 0.1) is 7.11 Å². The van der Waals surface area contributed by atoms with Gasteiger partial charge in [-0.25, -0.2) is 4.39 Å². The molecule has 0 saturated heterocycles. The van der Waals surface area contributed by atoms with Gasteiger partial charge in [0.1, 0.15) is 0 Å². The molecule has 1 aliphatic carbocycles. The molecule has 1 aliphatic rings. The number of rotatable bonds is 7. The van der Waals surface area contributed by atoms with Gasteiger partial charge in [-0.3, -0.25) is 0 Å². The van der Waals surface area contributed by atoms with Crippen molar-refractivity contribution in [3.63, 3.8) is 0 Å². The van der Waals surface area contributed by atoms with Crippen LogP contribution in [-0.2, 0) is 6.42 Å². The molecule has 100 valence electrons. The highest BCUT2D eigenvalue weighted by molar-refractivity contribution is 5.31. The van der Waals surface area contributed by atoms with Crippen molar-refractivity contribution in [2.24, 2.45) is 5.92 Å². The molecule has 0 radical (unpaired) electrons. The van der Waals surface area contributed by atoms with Crippen LogP contribution >= 0.6 is 0 Å². The van der Waals surface area contributed by atoms with Crippen LogP contribution in [0.4, 0.5) is 4.39 Å². The van der Waals surface area contributed by atoms with Crippen LogP contribution in [0.3, 0.4) is 0 Å². The Kier molecular flexibility index (Phi) is 4.59. The number of benzene rings is 1. The zero-order chi connectivity index (χ0) is 13.0. The van der Waals surface area contributed by atoms with E-state index in [9.17, 15) is 4.39 Å². The molecule has 1 fully saturated rings.